The molecule has 0 aliphatic carbocycles. The van der Waals surface area contributed by atoms with Gasteiger partial charge in [-0.05, 0) is 42.7 Å². The van der Waals surface area contributed by atoms with Gasteiger partial charge in [-0.1, -0.05) is 43.4 Å². The summed E-state index contributed by atoms with van der Waals surface area (Å²) < 4.78 is 12.4. The van der Waals surface area contributed by atoms with Crippen LogP contribution in [0.5, 0.6) is 5.75 Å². The number of thiazole rings is 1. The van der Waals surface area contributed by atoms with E-state index in [9.17, 15) is 4.79 Å². The van der Waals surface area contributed by atoms with Gasteiger partial charge < -0.3 is 9.15 Å². The van der Waals surface area contributed by atoms with E-state index >= 15 is 0 Å². The monoisotopic (exact) mass is 380 g/mol. The number of fused-ring (bicyclic) bond motifs is 2. The van der Waals surface area contributed by atoms with Crippen molar-refractivity contribution in [2.45, 2.75) is 26.7 Å². The molecule has 2 heterocycles. The van der Waals surface area contributed by atoms with Gasteiger partial charge in [0.15, 0.2) is 22.2 Å². The second kappa shape index (κ2) is 7.04. The molecule has 5 nitrogen and oxygen atoms in total. The number of rotatable bonds is 5. The van der Waals surface area contributed by atoms with Gasteiger partial charge in [-0.2, -0.15) is 0 Å². The number of benzene rings is 2. The predicted molar refractivity (Wildman–Crippen MR) is 109 cm³/mol. The van der Waals surface area contributed by atoms with Crippen LogP contribution in [0.15, 0.2) is 46.9 Å². The van der Waals surface area contributed by atoms with E-state index in [0.29, 0.717) is 29.0 Å². The zero-order valence-corrected chi connectivity index (χ0v) is 16.2. The number of carbonyl (C=O) groups excluding carboxylic acids is 1. The Hall–Kier alpha value is -2.86. The average Bonchev–Trinajstić information content (AvgIpc) is 3.25. The van der Waals surface area contributed by atoms with Crippen LogP contribution in [0.4, 0.5) is 5.13 Å². The summed E-state index contributed by atoms with van der Waals surface area (Å²) in [5, 5.41) is 4.23. The topological polar surface area (TPSA) is 64.4 Å². The number of amides is 1. The highest BCUT2D eigenvalue weighted by Gasteiger charge is 2.17. The third kappa shape index (κ3) is 3.40. The molecule has 1 N–H and O–H groups in total. The minimum Gasteiger partial charge on any atom is -0.490 e. The van der Waals surface area contributed by atoms with Crippen LogP contribution >= 0.6 is 11.3 Å². The molecular formula is C21H20N2O3S. The Balaban J connectivity index is 1.61. The molecule has 0 radical (unpaired) electrons. The van der Waals surface area contributed by atoms with Gasteiger partial charge in [-0.3, -0.25) is 10.1 Å². The Morgan fingerprint density at radius 3 is 2.89 bits per heavy atom. The van der Waals surface area contributed by atoms with Gasteiger partial charge >= 0.3 is 0 Å². The lowest BCUT2D eigenvalue weighted by molar-refractivity contribution is 0.0998. The highest BCUT2D eigenvalue weighted by molar-refractivity contribution is 7.22. The summed E-state index contributed by atoms with van der Waals surface area (Å²) in [6.07, 6.45) is 0. The van der Waals surface area contributed by atoms with Gasteiger partial charge in [0.2, 0.25) is 0 Å². The molecule has 0 saturated heterocycles. The van der Waals surface area contributed by atoms with Crippen LogP contribution < -0.4 is 10.1 Å². The van der Waals surface area contributed by atoms with Crippen LogP contribution in [0.1, 0.15) is 42.8 Å². The van der Waals surface area contributed by atoms with Crippen molar-refractivity contribution < 1.29 is 13.9 Å². The summed E-state index contributed by atoms with van der Waals surface area (Å²) in [7, 11) is 0. The number of ether oxygens (including phenoxy) is 1. The number of hydrogen-bond donors (Lipinski definition) is 1. The lowest BCUT2D eigenvalue weighted by atomic mass is 10.0. The first-order valence-electron chi connectivity index (χ1n) is 8.92. The Morgan fingerprint density at radius 1 is 1.26 bits per heavy atom. The summed E-state index contributed by atoms with van der Waals surface area (Å²) in [4.78, 5) is 17.1. The first-order chi connectivity index (χ1) is 13.0. The van der Waals surface area contributed by atoms with Gasteiger partial charge in [-0.25, -0.2) is 4.98 Å². The van der Waals surface area contributed by atoms with Gasteiger partial charge in [-0.15, -0.1) is 0 Å². The number of para-hydroxylation sites is 1. The molecule has 4 aromatic rings. The summed E-state index contributed by atoms with van der Waals surface area (Å²) in [5.74, 6) is 0.996. The number of nitrogens with one attached hydrogen (secondary N) is 1. The summed E-state index contributed by atoms with van der Waals surface area (Å²) in [6, 6.07) is 13.5. The largest absolute Gasteiger partial charge is 0.490 e. The molecule has 4 rings (SSSR count). The zero-order valence-electron chi connectivity index (χ0n) is 15.4. The second-order valence-electron chi connectivity index (χ2n) is 6.57. The molecule has 0 fully saturated rings. The van der Waals surface area contributed by atoms with Crippen molar-refractivity contribution in [3.05, 3.63) is 53.8 Å². The van der Waals surface area contributed by atoms with E-state index in [1.807, 2.05) is 31.2 Å². The van der Waals surface area contributed by atoms with Gasteiger partial charge in [0.25, 0.3) is 5.91 Å². The van der Waals surface area contributed by atoms with Crippen LogP contribution in [-0.2, 0) is 0 Å². The van der Waals surface area contributed by atoms with Crippen LogP contribution in [-0.4, -0.2) is 17.5 Å². The maximum Gasteiger partial charge on any atom is 0.293 e. The molecule has 1 amide bonds. The average molecular weight is 380 g/mol. The minimum absolute atomic E-state index is 0.235. The van der Waals surface area contributed by atoms with Gasteiger partial charge in [0.1, 0.15) is 0 Å². The molecule has 2 aromatic carbocycles. The van der Waals surface area contributed by atoms with Crippen LogP contribution in [0, 0.1) is 0 Å². The van der Waals surface area contributed by atoms with Crippen molar-refractivity contribution in [2.75, 3.05) is 11.9 Å². The maximum atomic E-state index is 12.6. The lowest BCUT2D eigenvalue weighted by Crippen LogP contribution is -2.10. The smallest absolute Gasteiger partial charge is 0.293 e. The van der Waals surface area contributed by atoms with Crippen LogP contribution in [0.3, 0.4) is 0 Å². The van der Waals surface area contributed by atoms with Gasteiger partial charge in [0, 0.05) is 5.39 Å². The number of furan rings is 1. The predicted octanol–water partition coefficient (Wildman–Crippen LogP) is 5.82. The Morgan fingerprint density at radius 2 is 2.11 bits per heavy atom. The number of aromatic nitrogens is 1. The molecule has 138 valence electrons. The van der Waals surface area contributed by atoms with E-state index in [-0.39, 0.29) is 11.7 Å². The standard InChI is InChI=1S/C21H20N2O3S/c1-4-25-16-7-5-6-14-10-17(26-19(14)16)20(24)23-21-22-15-9-8-13(12(2)3)11-18(15)27-21/h5-12H,4H2,1-3H3,(H,22,23,24). The second-order valence-corrected chi connectivity index (χ2v) is 7.60. The quantitative estimate of drug-likeness (QED) is 0.474. The van der Waals surface area contributed by atoms with E-state index in [4.69, 9.17) is 9.15 Å². The first kappa shape index (κ1) is 17.5. The molecule has 27 heavy (non-hydrogen) atoms. The number of nitrogens with zero attached hydrogens (tertiary/aromatic N) is 1. The van der Waals surface area contributed by atoms with E-state index in [1.54, 1.807) is 6.07 Å². The van der Waals surface area contributed by atoms with E-state index < -0.39 is 0 Å². The molecular weight excluding hydrogens is 360 g/mol. The highest BCUT2D eigenvalue weighted by Crippen LogP contribution is 2.31. The Bertz CT molecular complexity index is 1130. The molecule has 0 aliphatic rings. The third-order valence-electron chi connectivity index (χ3n) is 4.33. The van der Waals surface area contributed by atoms with Crippen molar-refractivity contribution >= 4 is 43.6 Å². The minimum atomic E-state index is -0.322. The van der Waals surface area contributed by atoms with Crippen molar-refractivity contribution in [3.63, 3.8) is 0 Å². The molecule has 6 heteroatoms. The highest BCUT2D eigenvalue weighted by atomic mass is 32.1. The number of hydrogen-bond acceptors (Lipinski definition) is 5. The van der Waals surface area contributed by atoms with E-state index in [1.165, 1.54) is 16.9 Å². The zero-order chi connectivity index (χ0) is 19.0. The maximum absolute atomic E-state index is 12.6. The van der Waals surface area contributed by atoms with Crippen molar-refractivity contribution in [1.82, 2.24) is 4.98 Å². The molecule has 0 atom stereocenters. The van der Waals surface area contributed by atoms with Crippen LogP contribution in [0.2, 0.25) is 0 Å². The number of anilines is 1. The van der Waals surface area contributed by atoms with Crippen molar-refractivity contribution in [3.8, 4) is 5.75 Å². The summed E-state index contributed by atoms with van der Waals surface area (Å²) in [5.41, 5.74) is 2.71. The molecule has 0 saturated carbocycles. The third-order valence-corrected chi connectivity index (χ3v) is 5.26. The molecule has 0 spiro atoms. The molecule has 0 aliphatic heterocycles. The van der Waals surface area contributed by atoms with Crippen molar-refractivity contribution in [2.24, 2.45) is 0 Å². The normalized spacial score (nSPS) is 11.4. The fourth-order valence-electron chi connectivity index (χ4n) is 2.93. The van der Waals surface area contributed by atoms with Gasteiger partial charge in [0.05, 0.1) is 16.8 Å². The Kier molecular flexibility index (Phi) is 4.58. The molecule has 0 bridgehead atoms. The molecule has 0 unspecified atom stereocenters. The van der Waals surface area contributed by atoms with Crippen molar-refractivity contribution in [1.29, 1.82) is 0 Å². The summed E-state index contributed by atoms with van der Waals surface area (Å²) in [6.45, 7) is 6.75. The SMILES string of the molecule is CCOc1cccc2cc(C(=O)Nc3nc4ccc(C(C)C)cc4s3)oc12. The van der Waals surface area contributed by atoms with E-state index in [2.05, 4.69) is 36.3 Å². The van der Waals surface area contributed by atoms with E-state index in [0.717, 1.165) is 15.6 Å². The summed E-state index contributed by atoms with van der Waals surface area (Å²) >= 11 is 1.46. The number of carbonyl (C=O) groups is 1. The fourth-order valence-corrected chi connectivity index (χ4v) is 3.84. The van der Waals surface area contributed by atoms with Crippen LogP contribution in [0.25, 0.3) is 21.2 Å². The fraction of sp³-hybridized carbons (Fsp3) is 0.238. The first-order valence-corrected chi connectivity index (χ1v) is 9.74. The lowest BCUT2D eigenvalue weighted by Gasteiger charge is -2.03. The Labute approximate surface area is 161 Å². The molecule has 2 aromatic heterocycles.